The van der Waals surface area contributed by atoms with Crippen molar-refractivity contribution in [1.29, 1.82) is 0 Å². The third-order valence-corrected chi connectivity index (χ3v) is 19.6. The van der Waals surface area contributed by atoms with E-state index in [0.29, 0.717) is 37.7 Å². The molecule has 0 amide bonds. The van der Waals surface area contributed by atoms with Crippen LogP contribution in [0, 0.1) is 28.1 Å². The Bertz CT molecular complexity index is 2140. The van der Waals surface area contributed by atoms with E-state index in [4.69, 9.17) is 38.6 Å². The largest absolute Gasteiger partial charge is 0.433 e. The van der Waals surface area contributed by atoms with Gasteiger partial charge in [-0.2, -0.15) is 0 Å². The summed E-state index contributed by atoms with van der Waals surface area (Å²) < 4.78 is 33.9. The maximum absolute atomic E-state index is 14.5. The highest BCUT2D eigenvalue weighted by molar-refractivity contribution is 5.77. The zero-order valence-corrected chi connectivity index (χ0v) is 51.0. The Morgan fingerprint density at radius 2 is 0.967 bits per heavy atom. The van der Waals surface area contributed by atoms with Gasteiger partial charge in [0.1, 0.15) is 72.7 Å². The van der Waals surface area contributed by atoms with Crippen molar-refractivity contribution < 1.29 is 166 Å². The van der Waals surface area contributed by atoms with Crippen LogP contribution in [0.5, 0.6) is 0 Å². The number of aliphatic hydroxyl groups is 26. The van der Waals surface area contributed by atoms with Crippen molar-refractivity contribution in [2.75, 3.05) is 39.6 Å². The monoisotopic (exact) mass is 1320 g/mol. The molecule has 26 unspecified atom stereocenters. The molecular formula is C57H104O33. The van der Waals surface area contributed by atoms with E-state index in [-0.39, 0.29) is 38.0 Å². The van der Waals surface area contributed by atoms with E-state index in [1.165, 1.54) is 0 Å². The molecule has 4 rings (SSSR count). The number of ether oxygens (including phenoxy) is 6. The molecular weight excluding hydrogens is 1210 g/mol. The van der Waals surface area contributed by atoms with E-state index in [1.54, 1.807) is 6.92 Å². The SMILES string of the molecule is C=C1CC23CCC4[C@](C)(C(=O)OC(O)C(O)C(OC(O)C(O)C(O)C(O)CCO)C(O)CCO)CCC[C@@]4(C)[C@@H]2CC[C@]1(OC(O)C(OC(O)C(O)C(O)C(O)CCO)C(C)(OC(O)C(O)C(O)C(O)CCOC(O)C(O)C(O)C(O)CCO)C(O)CCO)C3. The predicted octanol–water partition coefficient (Wildman–Crippen LogP) is -9.17. The van der Waals surface area contributed by atoms with Crippen LogP contribution in [0.15, 0.2) is 12.2 Å². The zero-order chi connectivity index (χ0) is 68.2. The van der Waals surface area contributed by atoms with Crippen LogP contribution in [-0.4, -0.2) is 331 Å². The first-order valence-corrected chi connectivity index (χ1v) is 30.5. The average Bonchev–Trinajstić information content (AvgIpc) is 1.39. The fraction of sp³-hybridized carbons (Fsp3) is 0.947. The van der Waals surface area contributed by atoms with Gasteiger partial charge in [0.2, 0.25) is 6.29 Å². The maximum atomic E-state index is 14.5. The summed E-state index contributed by atoms with van der Waals surface area (Å²) in [6.07, 6.45) is -51.9. The summed E-state index contributed by atoms with van der Waals surface area (Å²) >= 11 is 0. The van der Waals surface area contributed by atoms with Gasteiger partial charge < -0.3 is 161 Å². The lowest BCUT2D eigenvalue weighted by Gasteiger charge is -2.64. The summed E-state index contributed by atoms with van der Waals surface area (Å²) in [6, 6.07) is 0. The summed E-state index contributed by atoms with van der Waals surface area (Å²) in [4.78, 5) is 14.5. The first-order valence-electron chi connectivity index (χ1n) is 30.5. The van der Waals surface area contributed by atoms with Crippen molar-refractivity contribution >= 4 is 5.97 Å². The Hall–Kier alpha value is -2.03. The Morgan fingerprint density at radius 3 is 1.48 bits per heavy atom. The van der Waals surface area contributed by atoms with Gasteiger partial charge in [0.15, 0.2) is 31.5 Å². The van der Waals surface area contributed by atoms with Crippen molar-refractivity contribution in [3.63, 3.8) is 0 Å². The van der Waals surface area contributed by atoms with Crippen LogP contribution in [0.1, 0.15) is 117 Å². The second kappa shape index (κ2) is 34.8. The van der Waals surface area contributed by atoms with Crippen molar-refractivity contribution in [2.45, 2.75) is 270 Å². The van der Waals surface area contributed by atoms with Gasteiger partial charge >= 0.3 is 5.97 Å². The molecule has 33 nitrogen and oxygen atoms in total. The van der Waals surface area contributed by atoms with Crippen LogP contribution in [0.4, 0.5) is 0 Å². The third-order valence-electron chi connectivity index (χ3n) is 19.6. The second-order valence-corrected chi connectivity index (χ2v) is 25.6. The molecule has 2 bridgehead atoms. The van der Waals surface area contributed by atoms with Crippen LogP contribution in [0.3, 0.4) is 0 Å². The maximum Gasteiger partial charge on any atom is 0.314 e. The molecule has 0 radical (unpaired) electrons. The molecule has 0 aliphatic heterocycles. The van der Waals surface area contributed by atoms with Crippen LogP contribution in [0.25, 0.3) is 0 Å². The minimum Gasteiger partial charge on any atom is -0.433 e. The number of fused-ring (bicyclic) bond motifs is 3. The molecule has 26 N–H and O–H groups in total. The highest BCUT2D eigenvalue weighted by Gasteiger charge is 2.69. The molecule has 33 heteroatoms. The lowest BCUT2D eigenvalue weighted by Crippen LogP contribution is -2.64. The van der Waals surface area contributed by atoms with Crippen LogP contribution >= 0.6 is 0 Å². The quantitative estimate of drug-likeness (QED) is 0.0153. The molecule has 30 atom stereocenters. The van der Waals surface area contributed by atoms with Gasteiger partial charge in [-0.15, -0.1) is 0 Å². The minimum absolute atomic E-state index is 0.0807. The van der Waals surface area contributed by atoms with Crippen molar-refractivity contribution in [1.82, 2.24) is 0 Å². The summed E-state index contributed by atoms with van der Waals surface area (Å²) in [7, 11) is 0. The number of carbonyl (C=O) groups excluding carboxylic acids is 1. The molecule has 0 saturated heterocycles. The zero-order valence-electron chi connectivity index (χ0n) is 51.0. The molecule has 0 aromatic rings. The molecule has 4 aliphatic rings. The Kier molecular flexibility index (Phi) is 31.1. The van der Waals surface area contributed by atoms with E-state index in [0.717, 1.165) is 6.92 Å². The summed E-state index contributed by atoms with van der Waals surface area (Å²) in [5.74, 6) is -1.67. The van der Waals surface area contributed by atoms with E-state index < -0.39 is 253 Å². The standard InChI is InChI=1S/C57H104O33/c1-26-24-56-16-6-32-53(2,14-5-15-54(32,3)52(84)88-49(81)43(77)44(31(67)11-21-61)86-47(79)40(74)36(70)28(64)9-19-59)33(56)7-17-57(26,25-56)90-51(83)45(87-48(80)41(75)37(71)29(65)10-20-60)55(4,34(68)12-22-62)89-50(82)42(76)38(72)30(66)13-23-85-46(78)39(73)35(69)27(63)8-18-58/h27-51,58-83H,1,5-25H2,2-4H3/t27?,28?,29?,30?,31?,32?,33-,34?,35?,36?,37?,38?,39?,40?,41?,42?,43?,44?,45?,46?,47?,48?,49?,50?,51?,53+,54+,55?,56?,57-/m0/s1. The first kappa shape index (κ1) is 80.4. The molecule has 4 saturated carbocycles. The number of esters is 1. The predicted molar refractivity (Wildman–Crippen MR) is 301 cm³/mol. The van der Waals surface area contributed by atoms with E-state index in [9.17, 15) is 127 Å². The molecule has 0 aromatic carbocycles. The summed E-state index contributed by atoms with van der Waals surface area (Å²) in [6.45, 7) is 4.77. The van der Waals surface area contributed by atoms with E-state index >= 15 is 0 Å². The van der Waals surface area contributed by atoms with E-state index in [2.05, 4.69) is 6.58 Å². The average molecular weight is 1320 g/mol. The first-order chi connectivity index (χ1) is 42.0. The number of aliphatic hydroxyl groups excluding tert-OH is 26. The Labute approximate surface area is 520 Å². The molecule has 0 aromatic heterocycles. The molecule has 1 spiro atoms. The smallest absolute Gasteiger partial charge is 0.314 e. The summed E-state index contributed by atoms with van der Waals surface area (Å²) in [5, 5.41) is 274. The topological polar surface area (TPSA) is 598 Å². The molecule has 4 aliphatic carbocycles. The fourth-order valence-corrected chi connectivity index (χ4v) is 14.3. The summed E-state index contributed by atoms with van der Waals surface area (Å²) in [5.41, 5.74) is -6.56. The second-order valence-electron chi connectivity index (χ2n) is 25.6. The van der Waals surface area contributed by atoms with Crippen LogP contribution < -0.4 is 0 Å². The van der Waals surface area contributed by atoms with Gasteiger partial charge in [0.25, 0.3) is 0 Å². The Morgan fingerprint density at radius 1 is 0.511 bits per heavy atom. The lowest BCUT2D eigenvalue weighted by molar-refractivity contribution is -0.355. The van der Waals surface area contributed by atoms with Gasteiger partial charge in [0.05, 0.1) is 54.2 Å². The number of hydrogen-bond acceptors (Lipinski definition) is 33. The van der Waals surface area contributed by atoms with Crippen molar-refractivity contribution in [3.05, 3.63) is 12.2 Å². The molecule has 90 heavy (non-hydrogen) atoms. The third kappa shape index (κ3) is 18.3. The Balaban J connectivity index is 1.62. The normalized spacial score (nSPS) is 32.2. The highest BCUT2D eigenvalue weighted by Crippen LogP contribution is 2.73. The van der Waals surface area contributed by atoms with Crippen LogP contribution in [-0.2, 0) is 33.2 Å². The van der Waals surface area contributed by atoms with Gasteiger partial charge in [-0.05, 0) is 132 Å². The van der Waals surface area contributed by atoms with Crippen molar-refractivity contribution in [3.8, 4) is 0 Å². The molecule has 4 fully saturated rings. The fourth-order valence-electron chi connectivity index (χ4n) is 14.3. The van der Waals surface area contributed by atoms with Gasteiger partial charge in [-0.25, -0.2) is 0 Å². The minimum atomic E-state index is -2.76. The van der Waals surface area contributed by atoms with Gasteiger partial charge in [0, 0.05) is 33.0 Å². The van der Waals surface area contributed by atoms with Crippen molar-refractivity contribution in [2.24, 2.45) is 28.1 Å². The number of carbonyl (C=O) groups is 1. The highest BCUT2D eigenvalue weighted by atomic mass is 16.7. The molecule has 530 valence electrons. The molecule has 0 heterocycles. The van der Waals surface area contributed by atoms with E-state index in [1.807, 2.05) is 6.92 Å². The number of hydrogen-bond donors (Lipinski definition) is 26. The lowest BCUT2D eigenvalue weighted by atomic mass is 9.41. The van der Waals surface area contributed by atoms with Crippen LogP contribution in [0.2, 0.25) is 0 Å². The van der Waals surface area contributed by atoms with Gasteiger partial charge in [-0.3, -0.25) is 4.79 Å². The van der Waals surface area contributed by atoms with Gasteiger partial charge in [-0.1, -0.05) is 19.9 Å². The number of rotatable bonds is 42.